The van der Waals surface area contributed by atoms with Gasteiger partial charge >= 0.3 is 0 Å². The Morgan fingerprint density at radius 2 is 1.00 bits per heavy atom. The number of H-pyrrole nitrogens is 5. The number of nitrogens with one attached hydrogen (secondary N) is 5. The van der Waals surface area contributed by atoms with E-state index in [1.165, 1.54) is 0 Å². The number of carbonyl (C=O) groups is 1. The van der Waals surface area contributed by atoms with Crippen molar-refractivity contribution in [1.82, 2.24) is 61.0 Å². The van der Waals surface area contributed by atoms with Crippen LogP contribution in [0, 0.1) is 11.8 Å². The molecule has 416 valence electrons. The molecule has 82 heavy (non-hydrogen) atoms. The summed E-state index contributed by atoms with van der Waals surface area (Å²) >= 11 is 5.87. The number of carbonyl (C=O) groups excluding carboxylic acids is 1. The predicted molar refractivity (Wildman–Crippen MR) is 320 cm³/mol. The molecule has 12 aromatic rings. The van der Waals surface area contributed by atoms with Crippen LogP contribution in [0.5, 0.6) is 11.5 Å². The van der Waals surface area contributed by atoms with Crippen molar-refractivity contribution in [3.63, 3.8) is 0 Å². The van der Waals surface area contributed by atoms with Crippen molar-refractivity contribution >= 4 is 50.2 Å². The maximum absolute atomic E-state index is 11.2. The molecule has 19 heteroatoms. The number of aromatic amines is 5. The minimum Gasteiger partial charge on any atom is -0.491 e. The Morgan fingerprint density at radius 3 is 1.51 bits per heavy atom. The van der Waals surface area contributed by atoms with Crippen molar-refractivity contribution in [2.75, 3.05) is 26.4 Å². The van der Waals surface area contributed by atoms with E-state index in [0.29, 0.717) is 59.6 Å². The Bertz CT molecular complexity index is 4050. The van der Waals surface area contributed by atoms with Crippen LogP contribution < -0.4 is 15.2 Å². The average Bonchev–Trinajstić information content (AvgIpc) is 4.56. The summed E-state index contributed by atoms with van der Waals surface area (Å²) in [5.74, 6) is 5.24. The summed E-state index contributed by atoms with van der Waals surface area (Å²) in [6.45, 7) is 10.5. The second kappa shape index (κ2) is 26.2. The first-order valence-electron chi connectivity index (χ1n) is 27.0. The molecule has 18 nitrogen and oxygen atoms in total. The molecule has 0 aliphatic rings. The van der Waals surface area contributed by atoms with E-state index in [9.17, 15) is 4.79 Å². The van der Waals surface area contributed by atoms with Crippen LogP contribution in [0.25, 0.3) is 89.3 Å². The summed E-state index contributed by atoms with van der Waals surface area (Å²) < 4.78 is 17.2. The van der Waals surface area contributed by atoms with Crippen LogP contribution in [0.1, 0.15) is 55.3 Å². The highest BCUT2D eigenvalue weighted by Crippen LogP contribution is 2.34. The Labute approximate surface area is 477 Å². The highest BCUT2D eigenvalue weighted by atomic mass is 35.5. The van der Waals surface area contributed by atoms with Gasteiger partial charge in [-0.2, -0.15) is 25.5 Å². The van der Waals surface area contributed by atoms with Gasteiger partial charge in [0.25, 0.3) is 0 Å². The van der Waals surface area contributed by atoms with Crippen molar-refractivity contribution in [2.24, 2.45) is 17.6 Å². The molecule has 0 spiro atoms. The molecule has 8 N–H and O–H groups in total. The Kier molecular flexibility index (Phi) is 17.8. The van der Waals surface area contributed by atoms with Crippen LogP contribution in [0.2, 0.25) is 5.02 Å². The first kappa shape index (κ1) is 55.8. The summed E-state index contributed by atoms with van der Waals surface area (Å²) in [7, 11) is 0. The van der Waals surface area contributed by atoms with Crippen LogP contribution >= 0.6 is 11.6 Å². The molecule has 0 fully saturated rings. The molecule has 5 heterocycles. The molecule has 0 bridgehead atoms. The molecular weight excluding hydrogens is 1050 g/mol. The number of ether oxygens (including phenoxy) is 3. The van der Waals surface area contributed by atoms with Gasteiger partial charge in [0.15, 0.2) is 11.6 Å². The van der Waals surface area contributed by atoms with Gasteiger partial charge in [0, 0.05) is 67.4 Å². The van der Waals surface area contributed by atoms with E-state index in [0.717, 1.165) is 113 Å². The summed E-state index contributed by atoms with van der Waals surface area (Å²) in [6.07, 6.45) is 1.74. The third kappa shape index (κ3) is 13.9. The minimum absolute atomic E-state index is 0.0195. The van der Waals surface area contributed by atoms with E-state index >= 15 is 0 Å². The Balaban J connectivity index is 0.000000144. The normalized spacial score (nSPS) is 11.3. The quantitative estimate of drug-likeness (QED) is 0.0373. The highest BCUT2D eigenvalue weighted by Gasteiger charge is 2.16. The fourth-order valence-electron chi connectivity index (χ4n) is 9.16. The summed E-state index contributed by atoms with van der Waals surface area (Å²) in [5.41, 5.74) is 16.9. The van der Waals surface area contributed by atoms with Gasteiger partial charge in [0.1, 0.15) is 47.7 Å². The number of hydrogen-bond donors (Lipinski definition) is 7. The molecule has 1 amide bonds. The van der Waals surface area contributed by atoms with E-state index in [1.54, 1.807) is 30.3 Å². The van der Waals surface area contributed by atoms with E-state index < -0.39 is 5.91 Å². The molecule has 0 aliphatic heterocycles. The maximum atomic E-state index is 11.2. The zero-order valence-electron chi connectivity index (χ0n) is 45.8. The van der Waals surface area contributed by atoms with Crippen LogP contribution in [0.4, 0.5) is 0 Å². The second-order valence-electron chi connectivity index (χ2n) is 20.3. The lowest BCUT2D eigenvalue weighted by Gasteiger charge is -2.08. The molecule has 7 aromatic carbocycles. The number of aliphatic hydroxyl groups excluding tert-OH is 1. The van der Waals surface area contributed by atoms with Gasteiger partial charge in [-0.3, -0.25) is 30.3 Å². The number of rotatable bonds is 19. The summed E-state index contributed by atoms with van der Waals surface area (Å²) in [5, 5.41) is 49.8. The number of nitrogens with two attached hydrogens (primary N) is 1. The SMILES string of the molecule is CC(C)Cc1nc(-c2ccc3[nH]nc(-c4cccc(OCCO)c4)c3c2)n[nH]1.CC(C)Cc1nc(-c2ccc3[nH]nc(-c4cccc(OCCOCc5ccccc5)c4)c3c2)n[nH]1.NC(=O)c1ccc2[nH]nc(-c3ccc(Cl)cc3)c2c1. The highest BCUT2D eigenvalue weighted by molar-refractivity contribution is 6.30. The van der Waals surface area contributed by atoms with Crippen LogP contribution in [0.15, 0.2) is 158 Å². The number of hydrogen-bond acceptors (Lipinski definition) is 12. The maximum Gasteiger partial charge on any atom is 0.248 e. The van der Waals surface area contributed by atoms with Crippen LogP contribution in [-0.4, -0.2) is 98.4 Å². The third-order valence-electron chi connectivity index (χ3n) is 13.1. The number of primary amides is 1. The zero-order chi connectivity index (χ0) is 57.0. The van der Waals surface area contributed by atoms with Gasteiger partial charge in [-0.1, -0.05) is 106 Å². The fraction of sp³-hybridized carbons (Fsp3) is 0.206. The van der Waals surface area contributed by atoms with E-state index in [2.05, 4.69) is 113 Å². The molecular formula is C63H62ClN13O5. The van der Waals surface area contributed by atoms with Crippen LogP contribution in [0.3, 0.4) is 0 Å². The van der Waals surface area contributed by atoms with Gasteiger partial charge < -0.3 is 25.1 Å². The fourth-order valence-corrected chi connectivity index (χ4v) is 9.28. The lowest BCUT2D eigenvalue weighted by Crippen LogP contribution is -2.10. The lowest BCUT2D eigenvalue weighted by atomic mass is 10.1. The molecule has 0 unspecified atom stereocenters. The molecule has 5 aromatic heterocycles. The zero-order valence-corrected chi connectivity index (χ0v) is 46.5. The smallest absolute Gasteiger partial charge is 0.248 e. The van der Waals surface area contributed by atoms with Gasteiger partial charge in [-0.25, -0.2) is 9.97 Å². The monoisotopic (exact) mass is 1120 g/mol. The number of aromatic nitrogens is 12. The molecule has 0 aliphatic carbocycles. The number of amides is 1. The predicted octanol–water partition coefficient (Wildman–Crippen LogP) is 12.4. The number of aliphatic hydroxyl groups is 1. The standard InChI is InChI=1S/C28H29N5O2.C21H23N5O2.C14H10ClN3O/c1-19(2)15-26-29-28(33-31-26)22-11-12-25-24(17-22)27(32-30-25)21-9-6-10-23(16-21)35-14-13-34-18-20-7-4-3-5-8-20;1-13(2)10-19-22-21(26-24-19)15-6-7-18-17(12-15)20(25-23-18)14-4-3-5-16(11-14)28-9-8-27;15-10-4-1-8(2-5-10)13-11-7-9(14(16)19)3-6-12(11)17-18-13/h3-12,16-17,19H,13-15,18H2,1-2H3,(H,30,32)(H,29,31,33);3-7,11-13,27H,8-10H2,1-2H3,(H,23,25)(H,22,24,26);1-7H,(H2,16,19)(H,17,18). The molecule has 0 radical (unpaired) electrons. The lowest BCUT2D eigenvalue weighted by molar-refractivity contribution is 0.0889. The van der Waals surface area contributed by atoms with Gasteiger partial charge in [0.05, 0.1) is 42.1 Å². The van der Waals surface area contributed by atoms with Gasteiger partial charge in [-0.05, 0) is 108 Å². The van der Waals surface area contributed by atoms with Crippen molar-refractivity contribution < 1.29 is 24.1 Å². The van der Waals surface area contributed by atoms with Gasteiger partial charge in [-0.15, -0.1) is 0 Å². The number of benzene rings is 7. The Morgan fingerprint density at radius 1 is 0.512 bits per heavy atom. The summed E-state index contributed by atoms with van der Waals surface area (Å²) in [6, 6.07) is 50.5. The molecule has 0 saturated heterocycles. The third-order valence-corrected chi connectivity index (χ3v) is 13.3. The molecule has 0 saturated carbocycles. The van der Waals surface area contributed by atoms with Gasteiger partial charge in [0.2, 0.25) is 5.91 Å². The van der Waals surface area contributed by atoms with Crippen LogP contribution in [-0.2, 0) is 24.2 Å². The average molecular weight is 1120 g/mol. The summed E-state index contributed by atoms with van der Waals surface area (Å²) in [4.78, 5) is 20.5. The first-order chi connectivity index (χ1) is 39.9. The number of nitrogens with zero attached hydrogens (tertiary/aromatic N) is 7. The van der Waals surface area contributed by atoms with Crippen molar-refractivity contribution in [3.05, 3.63) is 186 Å². The van der Waals surface area contributed by atoms with Crippen molar-refractivity contribution in [3.8, 4) is 68.0 Å². The Hall–Kier alpha value is -9.49. The van der Waals surface area contributed by atoms with Crippen molar-refractivity contribution in [1.29, 1.82) is 0 Å². The van der Waals surface area contributed by atoms with E-state index in [1.807, 2.05) is 103 Å². The molecule has 0 atom stereocenters. The minimum atomic E-state index is -0.454. The largest absolute Gasteiger partial charge is 0.491 e. The topological polar surface area (TPSA) is 260 Å². The number of fused-ring (bicyclic) bond motifs is 3. The van der Waals surface area contributed by atoms with E-state index in [4.69, 9.17) is 36.7 Å². The van der Waals surface area contributed by atoms with Crippen molar-refractivity contribution in [2.45, 2.75) is 47.1 Å². The second-order valence-corrected chi connectivity index (χ2v) is 20.7. The number of halogens is 1. The van der Waals surface area contributed by atoms with E-state index in [-0.39, 0.29) is 13.2 Å². The first-order valence-corrected chi connectivity index (χ1v) is 27.3. The molecule has 12 rings (SSSR count).